The van der Waals surface area contributed by atoms with Crippen LogP contribution >= 0.6 is 0 Å². The van der Waals surface area contributed by atoms with Gasteiger partial charge in [-0.25, -0.2) is 4.39 Å². The molecule has 0 fully saturated rings. The molecule has 0 spiro atoms. The Morgan fingerprint density at radius 3 is 2.38 bits per heavy atom. The third-order valence-corrected chi connectivity index (χ3v) is 2.51. The Labute approximate surface area is 79.8 Å². The number of hydrogen-bond donors (Lipinski definition) is 0. The van der Waals surface area contributed by atoms with Crippen LogP contribution in [0.2, 0.25) is 0 Å². The molecule has 0 unspecified atom stereocenters. The summed E-state index contributed by atoms with van der Waals surface area (Å²) in [5.74, 6) is 0.383. The van der Waals surface area contributed by atoms with Crippen molar-refractivity contribution in [1.82, 2.24) is 0 Å². The van der Waals surface area contributed by atoms with Gasteiger partial charge in [0.15, 0.2) is 0 Å². The van der Waals surface area contributed by atoms with Crippen LogP contribution in [0.15, 0.2) is 12.1 Å². The Morgan fingerprint density at radius 1 is 1.31 bits per heavy atom. The highest BCUT2D eigenvalue weighted by Crippen LogP contribution is 2.23. The van der Waals surface area contributed by atoms with Crippen molar-refractivity contribution in [2.45, 2.75) is 40.0 Å². The second-order valence-electron chi connectivity index (χ2n) is 3.76. The standard InChI is InChI=1S/C12H17F/c1-5-10-6-7-11(8(2)3)9(4)12(10)13/h6-8H,5H2,1-4H3. The quantitative estimate of drug-likeness (QED) is 0.649. The van der Waals surface area contributed by atoms with E-state index in [0.29, 0.717) is 5.92 Å². The molecule has 0 aliphatic heterocycles. The van der Waals surface area contributed by atoms with Crippen molar-refractivity contribution in [2.75, 3.05) is 0 Å². The van der Waals surface area contributed by atoms with E-state index in [9.17, 15) is 4.39 Å². The van der Waals surface area contributed by atoms with Crippen molar-refractivity contribution in [3.05, 3.63) is 34.6 Å². The molecule has 72 valence electrons. The summed E-state index contributed by atoms with van der Waals surface area (Å²) < 4.78 is 13.6. The zero-order valence-corrected chi connectivity index (χ0v) is 8.82. The second-order valence-corrected chi connectivity index (χ2v) is 3.76. The van der Waals surface area contributed by atoms with Crippen LogP contribution in [0.25, 0.3) is 0 Å². The molecule has 1 aromatic carbocycles. The summed E-state index contributed by atoms with van der Waals surface area (Å²) in [5, 5.41) is 0. The van der Waals surface area contributed by atoms with E-state index in [2.05, 4.69) is 13.8 Å². The maximum Gasteiger partial charge on any atom is 0.129 e. The molecule has 1 rings (SSSR count). The van der Waals surface area contributed by atoms with Gasteiger partial charge in [-0.2, -0.15) is 0 Å². The summed E-state index contributed by atoms with van der Waals surface area (Å²) in [6.45, 7) is 8.03. The van der Waals surface area contributed by atoms with Gasteiger partial charge in [0.25, 0.3) is 0 Å². The third kappa shape index (κ3) is 1.90. The lowest BCUT2D eigenvalue weighted by atomic mass is 9.95. The molecule has 0 aliphatic rings. The number of hydrogen-bond acceptors (Lipinski definition) is 0. The minimum atomic E-state index is -0.0197. The highest BCUT2D eigenvalue weighted by Gasteiger charge is 2.10. The van der Waals surface area contributed by atoms with Gasteiger partial charge in [-0.3, -0.25) is 0 Å². The molecule has 0 amide bonds. The Kier molecular flexibility index (Phi) is 3.07. The molecule has 0 N–H and O–H groups in total. The minimum absolute atomic E-state index is 0.0197. The summed E-state index contributed by atoms with van der Waals surface area (Å²) in [5.41, 5.74) is 2.76. The molecular weight excluding hydrogens is 163 g/mol. The Bertz CT molecular complexity index is 300. The highest BCUT2D eigenvalue weighted by molar-refractivity contribution is 5.34. The fourth-order valence-electron chi connectivity index (χ4n) is 1.65. The van der Waals surface area contributed by atoms with E-state index in [0.717, 1.165) is 23.1 Å². The van der Waals surface area contributed by atoms with Crippen molar-refractivity contribution in [3.63, 3.8) is 0 Å². The van der Waals surface area contributed by atoms with E-state index in [1.807, 2.05) is 26.0 Å². The van der Waals surface area contributed by atoms with Gasteiger partial charge in [-0.05, 0) is 36.0 Å². The topological polar surface area (TPSA) is 0 Å². The Balaban J connectivity index is 3.23. The Morgan fingerprint density at radius 2 is 1.92 bits per heavy atom. The van der Waals surface area contributed by atoms with Crippen LogP contribution in [-0.4, -0.2) is 0 Å². The molecule has 0 nitrogen and oxygen atoms in total. The number of rotatable bonds is 2. The number of benzene rings is 1. The molecular formula is C12H17F. The van der Waals surface area contributed by atoms with E-state index in [1.54, 1.807) is 0 Å². The van der Waals surface area contributed by atoms with Crippen molar-refractivity contribution in [2.24, 2.45) is 0 Å². The fourth-order valence-corrected chi connectivity index (χ4v) is 1.65. The van der Waals surface area contributed by atoms with Gasteiger partial charge >= 0.3 is 0 Å². The number of halogens is 1. The van der Waals surface area contributed by atoms with E-state index in [1.165, 1.54) is 0 Å². The molecule has 0 saturated carbocycles. The molecule has 0 saturated heterocycles. The first-order valence-electron chi connectivity index (χ1n) is 4.85. The molecule has 0 atom stereocenters. The molecule has 1 heteroatoms. The lowest BCUT2D eigenvalue weighted by Crippen LogP contribution is -1.99. The molecule has 1 aromatic rings. The average molecular weight is 180 g/mol. The predicted molar refractivity (Wildman–Crippen MR) is 54.6 cm³/mol. The van der Waals surface area contributed by atoms with Gasteiger partial charge in [0, 0.05) is 0 Å². The van der Waals surface area contributed by atoms with Crippen LogP contribution in [0.5, 0.6) is 0 Å². The van der Waals surface area contributed by atoms with Gasteiger partial charge in [-0.15, -0.1) is 0 Å². The molecule has 0 bridgehead atoms. The van der Waals surface area contributed by atoms with E-state index < -0.39 is 0 Å². The van der Waals surface area contributed by atoms with Crippen LogP contribution in [0.1, 0.15) is 43.4 Å². The summed E-state index contributed by atoms with van der Waals surface area (Å²) >= 11 is 0. The molecule has 0 radical (unpaired) electrons. The summed E-state index contributed by atoms with van der Waals surface area (Å²) in [7, 11) is 0. The van der Waals surface area contributed by atoms with Gasteiger partial charge in [-0.1, -0.05) is 32.9 Å². The normalized spacial score (nSPS) is 10.9. The summed E-state index contributed by atoms with van der Waals surface area (Å²) in [4.78, 5) is 0. The predicted octanol–water partition coefficient (Wildman–Crippen LogP) is 3.82. The van der Waals surface area contributed by atoms with Crippen LogP contribution in [0.4, 0.5) is 4.39 Å². The fraction of sp³-hybridized carbons (Fsp3) is 0.500. The molecule has 0 aromatic heterocycles. The minimum Gasteiger partial charge on any atom is -0.206 e. The van der Waals surface area contributed by atoms with Gasteiger partial charge in [0.05, 0.1) is 0 Å². The zero-order valence-electron chi connectivity index (χ0n) is 8.82. The van der Waals surface area contributed by atoms with Crippen molar-refractivity contribution in [3.8, 4) is 0 Å². The highest BCUT2D eigenvalue weighted by atomic mass is 19.1. The monoisotopic (exact) mass is 180 g/mol. The summed E-state index contributed by atoms with van der Waals surface area (Å²) in [6, 6.07) is 3.94. The average Bonchev–Trinajstić information content (AvgIpc) is 2.09. The number of aryl methyl sites for hydroxylation is 1. The van der Waals surface area contributed by atoms with E-state index >= 15 is 0 Å². The smallest absolute Gasteiger partial charge is 0.129 e. The van der Waals surface area contributed by atoms with Gasteiger partial charge < -0.3 is 0 Å². The zero-order chi connectivity index (χ0) is 10.0. The first-order valence-corrected chi connectivity index (χ1v) is 4.85. The maximum atomic E-state index is 13.6. The Hall–Kier alpha value is -0.850. The van der Waals surface area contributed by atoms with Gasteiger partial charge in [0.1, 0.15) is 5.82 Å². The SMILES string of the molecule is CCc1ccc(C(C)C)c(C)c1F. The third-order valence-electron chi connectivity index (χ3n) is 2.51. The second kappa shape index (κ2) is 3.91. The largest absolute Gasteiger partial charge is 0.206 e. The molecule has 0 heterocycles. The van der Waals surface area contributed by atoms with Crippen molar-refractivity contribution in [1.29, 1.82) is 0 Å². The van der Waals surface area contributed by atoms with Crippen LogP contribution in [0.3, 0.4) is 0 Å². The molecule has 0 aliphatic carbocycles. The van der Waals surface area contributed by atoms with Crippen LogP contribution in [-0.2, 0) is 6.42 Å². The molecule has 13 heavy (non-hydrogen) atoms. The van der Waals surface area contributed by atoms with Crippen LogP contribution < -0.4 is 0 Å². The summed E-state index contributed by atoms with van der Waals surface area (Å²) in [6.07, 6.45) is 0.769. The first-order chi connectivity index (χ1) is 6.07. The van der Waals surface area contributed by atoms with E-state index in [4.69, 9.17) is 0 Å². The maximum absolute atomic E-state index is 13.6. The van der Waals surface area contributed by atoms with Gasteiger partial charge in [0.2, 0.25) is 0 Å². The van der Waals surface area contributed by atoms with Crippen molar-refractivity contribution >= 4 is 0 Å². The lowest BCUT2D eigenvalue weighted by molar-refractivity contribution is 0.597. The van der Waals surface area contributed by atoms with E-state index in [-0.39, 0.29) is 5.82 Å². The lowest BCUT2D eigenvalue weighted by Gasteiger charge is -2.12. The first kappa shape index (κ1) is 10.2. The van der Waals surface area contributed by atoms with Crippen molar-refractivity contribution < 1.29 is 4.39 Å². The van der Waals surface area contributed by atoms with Crippen LogP contribution in [0, 0.1) is 12.7 Å².